The van der Waals surface area contributed by atoms with Gasteiger partial charge in [-0.15, -0.1) is 0 Å². The van der Waals surface area contributed by atoms with Crippen LogP contribution in [0.5, 0.6) is 0 Å². The van der Waals surface area contributed by atoms with Crippen molar-refractivity contribution in [1.82, 2.24) is 0 Å². The van der Waals surface area contributed by atoms with Crippen LogP contribution in [0.2, 0.25) is 0 Å². The number of rotatable bonds is 6. The molecule has 0 spiro atoms. The maximum absolute atomic E-state index is 13.5. The molecule has 6 heteroatoms. The van der Waals surface area contributed by atoms with Crippen LogP contribution in [0.1, 0.15) is 78.1 Å². The molecule has 5 rings (SSSR count). The fourth-order valence-corrected chi connectivity index (χ4v) is 8.11. The minimum atomic E-state index is -0.460. The first-order valence-electron chi connectivity index (χ1n) is 13.2. The maximum Gasteiger partial charge on any atom is 0.312 e. The van der Waals surface area contributed by atoms with Crippen LogP contribution in [0, 0.1) is 47.3 Å². The molecule has 0 aromatic heterocycles. The summed E-state index contributed by atoms with van der Waals surface area (Å²) >= 11 is 0. The van der Waals surface area contributed by atoms with Crippen molar-refractivity contribution in [3.8, 4) is 0 Å². The van der Waals surface area contributed by atoms with Gasteiger partial charge in [-0.3, -0.25) is 9.59 Å². The Balaban J connectivity index is 1.37. The molecule has 5 aliphatic rings. The Bertz CT molecular complexity index is 682. The molecule has 0 aromatic carbocycles. The number of carbonyl (C=O) groups is 2. The standard InChI is InChI=1S/C26H40O6/c1-3-8-16-13-15(2)21-17-14-18(22(16)21)24(26(28)32-20-10-5-7-12-30-20)23(17)25(27)31-19-9-4-6-11-29-19/h15-24H,3-14H2,1-2H3. The first-order chi connectivity index (χ1) is 15.6. The van der Waals surface area contributed by atoms with E-state index in [1.54, 1.807) is 0 Å². The van der Waals surface area contributed by atoms with Crippen molar-refractivity contribution in [2.45, 2.75) is 90.6 Å². The number of esters is 2. The molecule has 3 aliphatic carbocycles. The van der Waals surface area contributed by atoms with Gasteiger partial charge in [0, 0.05) is 12.8 Å². The Morgan fingerprint density at radius 3 is 1.88 bits per heavy atom. The fraction of sp³-hybridized carbons (Fsp3) is 0.923. The lowest BCUT2D eigenvalue weighted by molar-refractivity contribution is -0.207. The number of hydrogen-bond acceptors (Lipinski definition) is 6. The van der Waals surface area contributed by atoms with Crippen LogP contribution in [0.25, 0.3) is 0 Å². The van der Waals surface area contributed by atoms with E-state index in [1.807, 2.05) is 0 Å². The van der Waals surface area contributed by atoms with Crippen molar-refractivity contribution < 1.29 is 28.5 Å². The van der Waals surface area contributed by atoms with E-state index in [4.69, 9.17) is 18.9 Å². The van der Waals surface area contributed by atoms with Gasteiger partial charge in [0.1, 0.15) is 0 Å². The highest BCUT2D eigenvalue weighted by Crippen LogP contribution is 2.67. The lowest BCUT2D eigenvalue weighted by Gasteiger charge is -2.39. The van der Waals surface area contributed by atoms with Gasteiger partial charge < -0.3 is 18.9 Å². The molecule has 0 N–H and O–H groups in total. The van der Waals surface area contributed by atoms with Crippen molar-refractivity contribution in [2.24, 2.45) is 47.3 Å². The van der Waals surface area contributed by atoms with Crippen molar-refractivity contribution in [3.05, 3.63) is 0 Å². The van der Waals surface area contributed by atoms with Crippen LogP contribution >= 0.6 is 0 Å². The van der Waals surface area contributed by atoms with Crippen LogP contribution in [0.4, 0.5) is 0 Å². The Labute approximate surface area is 192 Å². The van der Waals surface area contributed by atoms with Gasteiger partial charge in [-0.1, -0.05) is 26.7 Å². The number of carbonyl (C=O) groups excluding carboxylic acids is 2. The second-order valence-electron chi connectivity index (χ2n) is 11.0. The van der Waals surface area contributed by atoms with Crippen molar-refractivity contribution in [2.75, 3.05) is 13.2 Å². The van der Waals surface area contributed by atoms with Gasteiger partial charge >= 0.3 is 11.9 Å². The number of ether oxygens (including phenoxy) is 4. The van der Waals surface area contributed by atoms with E-state index in [0.29, 0.717) is 36.9 Å². The Kier molecular flexibility index (Phi) is 6.80. The molecule has 3 saturated carbocycles. The van der Waals surface area contributed by atoms with Crippen LogP contribution in [0.15, 0.2) is 0 Å². The van der Waals surface area contributed by atoms with Crippen LogP contribution in [-0.2, 0) is 28.5 Å². The zero-order valence-electron chi connectivity index (χ0n) is 19.7. The van der Waals surface area contributed by atoms with E-state index in [2.05, 4.69) is 13.8 Å². The SMILES string of the molecule is CCCC1CC(C)C2C3CC(C(C(=O)OC4CCCCO4)C3C(=O)OC3CCCCO3)C12. The third kappa shape index (κ3) is 4.11. The molecule has 10 atom stereocenters. The van der Waals surface area contributed by atoms with Gasteiger partial charge in [-0.05, 0) is 74.0 Å². The van der Waals surface area contributed by atoms with Crippen molar-refractivity contribution in [3.63, 3.8) is 0 Å². The molecule has 2 aliphatic heterocycles. The highest BCUT2D eigenvalue weighted by molar-refractivity contribution is 5.84. The van der Waals surface area contributed by atoms with Crippen molar-refractivity contribution >= 4 is 11.9 Å². The van der Waals surface area contributed by atoms with Crippen LogP contribution < -0.4 is 0 Å². The molecule has 0 radical (unpaired) electrons. The predicted molar refractivity (Wildman–Crippen MR) is 117 cm³/mol. The molecule has 0 amide bonds. The zero-order valence-corrected chi connectivity index (χ0v) is 19.7. The topological polar surface area (TPSA) is 71.1 Å². The summed E-state index contributed by atoms with van der Waals surface area (Å²) in [5.74, 6) is 1.52. The third-order valence-electron chi connectivity index (χ3n) is 9.14. The summed E-state index contributed by atoms with van der Waals surface area (Å²) in [6.07, 6.45) is 9.19. The van der Waals surface area contributed by atoms with E-state index in [0.717, 1.165) is 44.9 Å². The number of hydrogen-bond donors (Lipinski definition) is 0. The zero-order chi connectivity index (χ0) is 22.2. The summed E-state index contributed by atoms with van der Waals surface area (Å²) in [6.45, 7) is 5.88. The normalized spacial score (nSPS) is 45.4. The first-order valence-corrected chi connectivity index (χ1v) is 13.2. The second kappa shape index (κ2) is 9.61. The summed E-state index contributed by atoms with van der Waals surface area (Å²) in [5, 5.41) is 0. The summed E-state index contributed by atoms with van der Waals surface area (Å²) in [7, 11) is 0. The average molecular weight is 449 g/mol. The first kappa shape index (κ1) is 22.6. The van der Waals surface area contributed by atoms with Crippen LogP contribution in [0.3, 0.4) is 0 Å². The Morgan fingerprint density at radius 1 is 0.812 bits per heavy atom. The van der Waals surface area contributed by atoms with Gasteiger partial charge in [0.05, 0.1) is 25.0 Å². The molecular weight excluding hydrogens is 408 g/mol. The highest BCUT2D eigenvalue weighted by Gasteiger charge is 2.67. The molecule has 2 bridgehead atoms. The summed E-state index contributed by atoms with van der Waals surface area (Å²) < 4.78 is 23.1. The van der Waals surface area contributed by atoms with Gasteiger partial charge in [0.2, 0.25) is 12.6 Å². The average Bonchev–Trinajstić information content (AvgIpc) is 3.46. The minimum absolute atomic E-state index is 0.225. The van der Waals surface area contributed by atoms with Gasteiger partial charge in [0.15, 0.2) is 0 Å². The van der Waals surface area contributed by atoms with Crippen LogP contribution in [-0.4, -0.2) is 37.7 Å². The molecule has 5 fully saturated rings. The molecule has 0 aromatic rings. The highest BCUT2D eigenvalue weighted by atomic mass is 16.7. The smallest absolute Gasteiger partial charge is 0.312 e. The quantitative estimate of drug-likeness (QED) is 0.549. The Hall–Kier alpha value is -1.14. The minimum Gasteiger partial charge on any atom is -0.436 e. The molecule has 2 heterocycles. The van der Waals surface area contributed by atoms with E-state index >= 15 is 0 Å². The molecule has 180 valence electrons. The van der Waals surface area contributed by atoms with Gasteiger partial charge in [0.25, 0.3) is 0 Å². The molecule has 6 nitrogen and oxygen atoms in total. The number of fused-ring (bicyclic) bond motifs is 5. The van der Waals surface area contributed by atoms with E-state index in [9.17, 15) is 9.59 Å². The maximum atomic E-state index is 13.5. The van der Waals surface area contributed by atoms with E-state index in [1.165, 1.54) is 19.3 Å². The lowest BCUT2D eigenvalue weighted by Crippen LogP contribution is -2.46. The van der Waals surface area contributed by atoms with E-state index < -0.39 is 24.4 Å². The largest absolute Gasteiger partial charge is 0.436 e. The van der Waals surface area contributed by atoms with Gasteiger partial charge in [-0.2, -0.15) is 0 Å². The molecule has 10 unspecified atom stereocenters. The fourth-order valence-electron chi connectivity index (χ4n) is 8.11. The van der Waals surface area contributed by atoms with Crippen molar-refractivity contribution in [1.29, 1.82) is 0 Å². The summed E-state index contributed by atoms with van der Waals surface area (Å²) in [5.41, 5.74) is 0. The molecule has 2 saturated heterocycles. The second-order valence-corrected chi connectivity index (χ2v) is 11.0. The summed E-state index contributed by atoms with van der Waals surface area (Å²) in [6, 6.07) is 0. The van der Waals surface area contributed by atoms with E-state index in [-0.39, 0.29) is 23.8 Å². The lowest BCUT2D eigenvalue weighted by atomic mass is 9.66. The Morgan fingerprint density at radius 2 is 1.38 bits per heavy atom. The predicted octanol–water partition coefficient (Wildman–Crippen LogP) is 4.70. The monoisotopic (exact) mass is 448 g/mol. The molecule has 32 heavy (non-hydrogen) atoms. The van der Waals surface area contributed by atoms with Gasteiger partial charge in [-0.25, -0.2) is 0 Å². The molecular formula is C26H40O6. The third-order valence-corrected chi connectivity index (χ3v) is 9.14. The summed E-state index contributed by atoms with van der Waals surface area (Å²) in [4.78, 5) is 27.0.